The van der Waals surface area contributed by atoms with Gasteiger partial charge in [0, 0.05) is 12.2 Å². The van der Waals surface area contributed by atoms with E-state index in [0.717, 1.165) is 19.4 Å². The van der Waals surface area contributed by atoms with Gasteiger partial charge in [0.1, 0.15) is 11.0 Å². The molecular formula is C12H16ClN3O2. The first-order valence-electron chi connectivity index (χ1n) is 5.82. The van der Waals surface area contributed by atoms with Crippen LogP contribution in [0.1, 0.15) is 30.1 Å². The first-order valence-corrected chi connectivity index (χ1v) is 6.20. The van der Waals surface area contributed by atoms with Crippen LogP contribution in [0.2, 0.25) is 5.15 Å². The van der Waals surface area contributed by atoms with Crippen LogP contribution in [0.4, 0.5) is 5.82 Å². The Morgan fingerprint density at radius 3 is 3.00 bits per heavy atom. The minimum atomic E-state index is -0.333. The summed E-state index contributed by atoms with van der Waals surface area (Å²) in [6, 6.07) is 3.01. The van der Waals surface area contributed by atoms with Gasteiger partial charge in [-0.2, -0.15) is 0 Å². The lowest BCUT2D eigenvalue weighted by Gasteiger charge is -2.34. The third-order valence-electron chi connectivity index (χ3n) is 2.93. The molecule has 2 heterocycles. The highest BCUT2D eigenvalue weighted by molar-refractivity contribution is 6.29. The highest BCUT2D eigenvalue weighted by Gasteiger charge is 2.29. The number of anilines is 1. The van der Waals surface area contributed by atoms with Crippen molar-refractivity contribution in [3.63, 3.8) is 0 Å². The van der Waals surface area contributed by atoms with E-state index in [1.165, 1.54) is 12.1 Å². The molecule has 0 bridgehead atoms. The molecule has 1 atom stereocenters. The van der Waals surface area contributed by atoms with E-state index in [4.69, 9.17) is 22.1 Å². The summed E-state index contributed by atoms with van der Waals surface area (Å²) >= 11 is 5.78. The van der Waals surface area contributed by atoms with E-state index < -0.39 is 0 Å². The molecule has 98 valence electrons. The van der Waals surface area contributed by atoms with Crippen molar-refractivity contribution in [3.8, 4) is 0 Å². The number of nitrogen functional groups attached to an aromatic ring is 1. The first kappa shape index (κ1) is 13.1. The highest BCUT2D eigenvalue weighted by atomic mass is 35.5. The van der Waals surface area contributed by atoms with Gasteiger partial charge in [0.05, 0.1) is 12.1 Å². The predicted octanol–water partition coefficient (Wildman–Crippen LogP) is 1.62. The third-order valence-corrected chi connectivity index (χ3v) is 3.12. The number of amides is 1. The van der Waals surface area contributed by atoms with E-state index in [-0.39, 0.29) is 22.4 Å². The van der Waals surface area contributed by atoms with E-state index in [9.17, 15) is 4.79 Å². The average molecular weight is 270 g/mol. The predicted molar refractivity (Wildman–Crippen MR) is 69.6 cm³/mol. The zero-order valence-electron chi connectivity index (χ0n) is 10.2. The van der Waals surface area contributed by atoms with Crippen LogP contribution < -0.4 is 11.1 Å². The molecule has 5 nitrogen and oxygen atoms in total. The zero-order chi connectivity index (χ0) is 13.2. The van der Waals surface area contributed by atoms with Crippen LogP contribution in [0.3, 0.4) is 0 Å². The second-order valence-electron chi connectivity index (χ2n) is 4.77. The number of nitrogens with zero attached hydrogens (tertiary/aromatic N) is 1. The van der Waals surface area contributed by atoms with Crippen molar-refractivity contribution in [2.24, 2.45) is 0 Å². The molecular weight excluding hydrogens is 254 g/mol. The first-order chi connectivity index (χ1) is 8.48. The number of hydrogen-bond donors (Lipinski definition) is 2. The van der Waals surface area contributed by atoms with Gasteiger partial charge < -0.3 is 15.8 Å². The van der Waals surface area contributed by atoms with E-state index in [1.807, 2.05) is 6.92 Å². The Balaban J connectivity index is 2.11. The molecule has 0 aromatic carbocycles. The molecule has 18 heavy (non-hydrogen) atoms. The van der Waals surface area contributed by atoms with Crippen molar-refractivity contribution in [1.82, 2.24) is 10.3 Å². The molecule has 1 aromatic heterocycles. The largest absolute Gasteiger partial charge is 0.384 e. The van der Waals surface area contributed by atoms with Gasteiger partial charge in [-0.05, 0) is 31.9 Å². The molecule has 3 N–H and O–H groups in total. The SMILES string of the molecule is CC1(NC(=O)c2cc(N)nc(Cl)c2)CCCOC1. The summed E-state index contributed by atoms with van der Waals surface area (Å²) in [5, 5.41) is 3.17. The lowest BCUT2D eigenvalue weighted by Crippen LogP contribution is -2.51. The van der Waals surface area contributed by atoms with Crippen molar-refractivity contribution in [2.75, 3.05) is 18.9 Å². The molecule has 1 aliphatic heterocycles. The van der Waals surface area contributed by atoms with Gasteiger partial charge in [-0.1, -0.05) is 11.6 Å². The van der Waals surface area contributed by atoms with Crippen LogP contribution in [-0.4, -0.2) is 29.6 Å². The molecule has 0 saturated carbocycles. The fraction of sp³-hybridized carbons (Fsp3) is 0.500. The van der Waals surface area contributed by atoms with Gasteiger partial charge in [-0.3, -0.25) is 4.79 Å². The van der Waals surface area contributed by atoms with Crippen molar-refractivity contribution >= 4 is 23.3 Å². The standard InChI is InChI=1S/C12H16ClN3O2/c1-12(3-2-4-18-7-12)16-11(17)8-5-9(13)15-10(14)6-8/h5-6H,2-4,7H2,1H3,(H2,14,15)(H,16,17). The third kappa shape index (κ3) is 3.11. The topological polar surface area (TPSA) is 77.2 Å². The lowest BCUT2D eigenvalue weighted by atomic mass is 9.94. The summed E-state index contributed by atoms with van der Waals surface area (Å²) in [7, 11) is 0. The van der Waals surface area contributed by atoms with Crippen molar-refractivity contribution in [3.05, 3.63) is 22.8 Å². The molecule has 1 aromatic rings. The van der Waals surface area contributed by atoms with Gasteiger partial charge in [0.25, 0.3) is 5.91 Å². The monoisotopic (exact) mass is 269 g/mol. The summed E-state index contributed by atoms with van der Waals surface area (Å²) in [5.41, 5.74) is 5.65. The number of ether oxygens (including phenoxy) is 1. The van der Waals surface area contributed by atoms with E-state index in [1.54, 1.807) is 0 Å². The zero-order valence-corrected chi connectivity index (χ0v) is 11.0. The summed E-state index contributed by atoms with van der Waals surface area (Å²) in [6.45, 7) is 3.24. The number of halogens is 1. The van der Waals surface area contributed by atoms with Gasteiger partial charge >= 0.3 is 0 Å². The van der Waals surface area contributed by atoms with Crippen molar-refractivity contribution in [2.45, 2.75) is 25.3 Å². The lowest BCUT2D eigenvalue weighted by molar-refractivity contribution is 0.0272. The Labute approximate surface area is 111 Å². The molecule has 2 rings (SSSR count). The molecule has 0 radical (unpaired) electrons. The summed E-state index contributed by atoms with van der Waals surface area (Å²) < 4.78 is 5.39. The fourth-order valence-electron chi connectivity index (χ4n) is 2.03. The number of carbonyl (C=O) groups is 1. The molecule has 0 spiro atoms. The molecule has 1 amide bonds. The number of pyridine rings is 1. The van der Waals surface area contributed by atoms with Crippen LogP contribution in [-0.2, 0) is 4.74 Å². The van der Waals surface area contributed by atoms with E-state index in [2.05, 4.69) is 10.3 Å². The molecule has 0 aliphatic carbocycles. The molecule has 1 saturated heterocycles. The maximum absolute atomic E-state index is 12.1. The van der Waals surface area contributed by atoms with Crippen LogP contribution >= 0.6 is 11.6 Å². The summed E-state index contributed by atoms with van der Waals surface area (Å²) in [6.07, 6.45) is 1.84. The molecule has 1 aliphatic rings. The second kappa shape index (κ2) is 5.12. The summed E-state index contributed by atoms with van der Waals surface area (Å²) in [5.74, 6) is 0.0247. The fourth-order valence-corrected chi connectivity index (χ4v) is 2.24. The number of carbonyl (C=O) groups excluding carboxylic acids is 1. The Kier molecular flexibility index (Phi) is 3.73. The van der Waals surface area contributed by atoms with Crippen LogP contribution in [0.15, 0.2) is 12.1 Å². The number of nitrogens with two attached hydrogens (primary N) is 1. The normalized spacial score (nSPS) is 23.7. The average Bonchev–Trinajstić information content (AvgIpc) is 2.28. The number of rotatable bonds is 2. The highest BCUT2D eigenvalue weighted by Crippen LogP contribution is 2.20. The minimum Gasteiger partial charge on any atom is -0.384 e. The molecule has 6 heteroatoms. The van der Waals surface area contributed by atoms with E-state index in [0.29, 0.717) is 12.2 Å². The van der Waals surface area contributed by atoms with Crippen LogP contribution in [0, 0.1) is 0 Å². The van der Waals surface area contributed by atoms with Gasteiger partial charge in [0.15, 0.2) is 0 Å². The number of aromatic nitrogens is 1. The Morgan fingerprint density at radius 2 is 2.39 bits per heavy atom. The second-order valence-corrected chi connectivity index (χ2v) is 5.16. The van der Waals surface area contributed by atoms with Gasteiger partial charge in [0.2, 0.25) is 0 Å². The Bertz CT molecular complexity index is 438. The van der Waals surface area contributed by atoms with Crippen LogP contribution in [0.5, 0.6) is 0 Å². The Morgan fingerprint density at radius 1 is 1.61 bits per heavy atom. The van der Waals surface area contributed by atoms with E-state index >= 15 is 0 Å². The maximum atomic E-state index is 12.1. The quantitative estimate of drug-likeness (QED) is 0.800. The summed E-state index contributed by atoms with van der Waals surface area (Å²) in [4.78, 5) is 15.9. The van der Waals surface area contributed by atoms with Crippen molar-refractivity contribution in [1.29, 1.82) is 0 Å². The maximum Gasteiger partial charge on any atom is 0.252 e. The smallest absolute Gasteiger partial charge is 0.252 e. The molecule has 1 unspecified atom stereocenters. The molecule has 1 fully saturated rings. The number of hydrogen-bond acceptors (Lipinski definition) is 4. The van der Waals surface area contributed by atoms with Gasteiger partial charge in [-0.25, -0.2) is 4.98 Å². The minimum absolute atomic E-state index is 0.209. The number of nitrogens with one attached hydrogen (secondary N) is 1. The van der Waals surface area contributed by atoms with Crippen molar-refractivity contribution < 1.29 is 9.53 Å². The Hall–Kier alpha value is -1.33. The van der Waals surface area contributed by atoms with Crippen LogP contribution in [0.25, 0.3) is 0 Å². The van der Waals surface area contributed by atoms with Gasteiger partial charge in [-0.15, -0.1) is 0 Å².